The molecule has 0 saturated carbocycles. The highest BCUT2D eigenvalue weighted by atomic mass is 32.1. The molecule has 39 heavy (non-hydrogen) atoms. The largest absolute Gasteiger partial charge is 0.495 e. The smallest absolute Gasteiger partial charge is 0.393 e. The summed E-state index contributed by atoms with van der Waals surface area (Å²) in [7, 11) is 0.912. The molecule has 0 spiro atoms. The normalized spacial score (nSPS) is 18.5. The fourth-order valence-corrected chi connectivity index (χ4v) is 6.64. The van der Waals surface area contributed by atoms with Crippen molar-refractivity contribution in [2.45, 2.75) is 31.2 Å². The van der Waals surface area contributed by atoms with Gasteiger partial charge in [-0.05, 0) is 62.0 Å². The van der Waals surface area contributed by atoms with Crippen LogP contribution in [0.4, 0.5) is 28.9 Å². The van der Waals surface area contributed by atoms with E-state index in [-0.39, 0.29) is 12.1 Å². The van der Waals surface area contributed by atoms with E-state index in [2.05, 4.69) is 22.5 Å². The van der Waals surface area contributed by atoms with Gasteiger partial charge < -0.3 is 24.8 Å². The molecule has 0 radical (unpaired) electrons. The minimum atomic E-state index is -4.41. The summed E-state index contributed by atoms with van der Waals surface area (Å²) in [6, 6.07) is 9.95. The predicted molar refractivity (Wildman–Crippen MR) is 153 cm³/mol. The molecule has 5 nitrogen and oxygen atoms in total. The molecule has 11 heteroatoms. The molecule has 3 aromatic rings. The lowest BCUT2D eigenvalue weighted by molar-refractivity contribution is -0.126. The Kier molecular flexibility index (Phi) is 8.85. The van der Waals surface area contributed by atoms with Gasteiger partial charge in [0.25, 0.3) is 0 Å². The van der Waals surface area contributed by atoms with Gasteiger partial charge in [0.1, 0.15) is 19.1 Å². The SMILES string of the molecule is COc1cc(P(C)(C)=O)ccc1NCC#Cc1sc2c(NC3CCN(C)C[C@@H]3F)cccc2c1CC(F)(F)F. The van der Waals surface area contributed by atoms with E-state index in [9.17, 15) is 22.1 Å². The van der Waals surface area contributed by atoms with Crippen LogP contribution in [0.3, 0.4) is 0 Å². The maximum Gasteiger partial charge on any atom is 0.393 e. The highest BCUT2D eigenvalue weighted by Crippen LogP contribution is 2.40. The molecular formula is C28H32F4N3O2PS. The monoisotopic (exact) mass is 581 g/mol. The first-order valence-corrected chi connectivity index (χ1v) is 15.9. The number of ether oxygens (including phenoxy) is 1. The van der Waals surface area contributed by atoms with Crippen molar-refractivity contribution in [3.8, 4) is 17.6 Å². The number of anilines is 2. The molecule has 1 aliphatic rings. The number of hydrogen-bond acceptors (Lipinski definition) is 6. The molecule has 2 heterocycles. The summed E-state index contributed by atoms with van der Waals surface area (Å²) in [5.74, 6) is 6.37. The van der Waals surface area contributed by atoms with E-state index in [1.54, 1.807) is 49.7 Å². The zero-order valence-electron chi connectivity index (χ0n) is 22.3. The van der Waals surface area contributed by atoms with Crippen molar-refractivity contribution in [2.24, 2.45) is 0 Å². The van der Waals surface area contributed by atoms with Gasteiger partial charge in [-0.3, -0.25) is 0 Å². The molecule has 2 N–H and O–H groups in total. The molecule has 0 bridgehead atoms. The number of halogens is 4. The zero-order valence-corrected chi connectivity index (χ0v) is 24.0. The first-order chi connectivity index (χ1) is 18.4. The van der Waals surface area contributed by atoms with Crippen molar-refractivity contribution in [3.63, 3.8) is 0 Å². The quantitative estimate of drug-likeness (QED) is 0.198. The molecule has 0 aliphatic carbocycles. The second kappa shape index (κ2) is 11.8. The standard InChI is InChI=1S/C28H32F4N3O2PS/c1-35-14-12-22(21(29)17-35)34-24-8-5-7-19-20(16-28(30,31)32)26(39-27(19)24)9-6-13-33-23-11-10-18(38(3,4)36)15-25(23)37-2/h5,7-8,10-11,15,21-22,33-34H,12-14,16-17H2,1-4H3/t21-,22?/m0/s1. The van der Waals surface area contributed by atoms with Gasteiger partial charge in [0.15, 0.2) is 0 Å². The number of piperidine rings is 1. The highest BCUT2D eigenvalue weighted by Gasteiger charge is 2.32. The summed E-state index contributed by atoms with van der Waals surface area (Å²) in [5, 5.41) is 7.53. The van der Waals surface area contributed by atoms with Crippen LogP contribution in [0.5, 0.6) is 5.75 Å². The molecule has 210 valence electrons. The van der Waals surface area contributed by atoms with Crippen molar-refractivity contribution in [3.05, 3.63) is 46.8 Å². The van der Waals surface area contributed by atoms with E-state index in [4.69, 9.17) is 4.74 Å². The molecule has 1 unspecified atom stereocenters. The third-order valence-electron chi connectivity index (χ3n) is 6.66. The molecular weight excluding hydrogens is 549 g/mol. The summed E-state index contributed by atoms with van der Waals surface area (Å²) in [5.41, 5.74) is 1.39. The van der Waals surface area contributed by atoms with Crippen LogP contribution in [0.1, 0.15) is 16.9 Å². The topological polar surface area (TPSA) is 53.6 Å². The Morgan fingerprint density at radius 3 is 2.64 bits per heavy atom. The molecule has 1 fully saturated rings. The Labute approximate surface area is 230 Å². The first kappa shape index (κ1) is 29.3. The van der Waals surface area contributed by atoms with Gasteiger partial charge in [-0.15, -0.1) is 11.3 Å². The third-order valence-corrected chi connectivity index (χ3v) is 9.38. The molecule has 2 atom stereocenters. The molecule has 4 rings (SSSR count). The second-order valence-corrected chi connectivity index (χ2v) is 14.3. The third kappa shape index (κ3) is 7.27. The maximum absolute atomic E-state index is 14.7. The van der Waals surface area contributed by atoms with Gasteiger partial charge in [0.05, 0.1) is 47.1 Å². The summed E-state index contributed by atoms with van der Waals surface area (Å²) >= 11 is 1.19. The van der Waals surface area contributed by atoms with Crippen molar-refractivity contribution >= 4 is 45.2 Å². The number of nitrogens with one attached hydrogen (secondary N) is 2. The highest BCUT2D eigenvalue weighted by molar-refractivity contribution is 7.70. The lowest BCUT2D eigenvalue weighted by atomic mass is 10.0. The van der Waals surface area contributed by atoms with E-state index in [0.717, 1.165) is 6.54 Å². The summed E-state index contributed by atoms with van der Waals surface area (Å²) in [6.45, 7) is 4.56. The Hall–Kier alpha value is -2.73. The van der Waals surface area contributed by atoms with Gasteiger partial charge in [-0.25, -0.2) is 4.39 Å². The van der Waals surface area contributed by atoms with Crippen LogP contribution < -0.4 is 20.7 Å². The number of alkyl halides is 4. The Morgan fingerprint density at radius 1 is 1.21 bits per heavy atom. The second-order valence-electron chi connectivity index (χ2n) is 10.1. The Morgan fingerprint density at radius 2 is 1.97 bits per heavy atom. The van der Waals surface area contributed by atoms with Gasteiger partial charge >= 0.3 is 6.18 Å². The summed E-state index contributed by atoms with van der Waals surface area (Å²) in [4.78, 5) is 2.26. The van der Waals surface area contributed by atoms with Crippen LogP contribution in [0.2, 0.25) is 0 Å². The number of thiophene rings is 1. The van der Waals surface area contributed by atoms with Crippen molar-refractivity contribution < 1.29 is 26.9 Å². The minimum absolute atomic E-state index is 0.127. The molecule has 0 amide bonds. The predicted octanol–water partition coefficient (Wildman–Crippen LogP) is 6.18. The van der Waals surface area contributed by atoms with E-state index in [1.165, 1.54) is 18.4 Å². The number of benzene rings is 2. The number of nitrogens with zero attached hydrogens (tertiary/aromatic N) is 1. The van der Waals surface area contributed by atoms with Crippen molar-refractivity contribution in [2.75, 3.05) is 57.8 Å². The number of fused-ring (bicyclic) bond motifs is 1. The minimum Gasteiger partial charge on any atom is -0.495 e. The zero-order chi connectivity index (χ0) is 28.4. The first-order valence-electron chi connectivity index (χ1n) is 12.5. The van der Waals surface area contributed by atoms with Crippen LogP contribution in [0, 0.1) is 11.8 Å². The fourth-order valence-electron chi connectivity index (χ4n) is 4.60. The summed E-state index contributed by atoms with van der Waals surface area (Å²) < 4.78 is 73.7. The van der Waals surface area contributed by atoms with Gasteiger partial charge in [0, 0.05) is 18.4 Å². The number of hydrogen-bond donors (Lipinski definition) is 2. The average molecular weight is 582 g/mol. The van der Waals surface area contributed by atoms with Crippen LogP contribution in [0.25, 0.3) is 10.1 Å². The van der Waals surface area contributed by atoms with Crippen LogP contribution in [0.15, 0.2) is 36.4 Å². The maximum atomic E-state index is 14.7. The lowest BCUT2D eigenvalue weighted by Crippen LogP contribution is -2.46. The molecule has 1 aromatic heterocycles. The van der Waals surface area contributed by atoms with Crippen molar-refractivity contribution in [1.29, 1.82) is 0 Å². The van der Waals surface area contributed by atoms with Crippen molar-refractivity contribution in [1.82, 2.24) is 4.90 Å². The molecule has 1 saturated heterocycles. The summed E-state index contributed by atoms with van der Waals surface area (Å²) in [6.07, 6.45) is -5.98. The van der Waals surface area contributed by atoms with Crippen LogP contribution in [-0.4, -0.2) is 70.4 Å². The number of likely N-dealkylation sites (tertiary alicyclic amines) is 1. The van der Waals surface area contributed by atoms with E-state index in [0.29, 0.717) is 50.4 Å². The van der Waals surface area contributed by atoms with Gasteiger partial charge in [0.2, 0.25) is 0 Å². The number of rotatable bonds is 7. The average Bonchev–Trinajstić information content (AvgIpc) is 3.19. The van der Waals surface area contributed by atoms with Gasteiger partial charge in [-0.2, -0.15) is 13.2 Å². The van der Waals surface area contributed by atoms with E-state index < -0.39 is 32.0 Å². The van der Waals surface area contributed by atoms with E-state index >= 15 is 0 Å². The fraction of sp³-hybridized carbons (Fsp3) is 0.429. The van der Waals surface area contributed by atoms with Gasteiger partial charge in [-0.1, -0.05) is 24.0 Å². The molecule has 1 aliphatic heterocycles. The molecule has 2 aromatic carbocycles. The lowest BCUT2D eigenvalue weighted by Gasteiger charge is -2.33. The van der Waals surface area contributed by atoms with Crippen LogP contribution in [-0.2, 0) is 11.0 Å². The number of methoxy groups -OCH3 is 1. The Balaban J connectivity index is 1.60. The van der Waals surface area contributed by atoms with E-state index in [1.807, 2.05) is 11.9 Å². The Bertz CT molecular complexity index is 1440. The van der Waals surface area contributed by atoms with Crippen LogP contribution >= 0.6 is 18.5 Å².